The standard InChI is InChI=1S/C16H21NS2/c1-17-15(11-12-5-8-18-9-6-12)14-4-2-3-13-7-10-19-16(13)14/h2-4,7,10,12,15,17H,5-6,8-9,11H2,1H3. The molecule has 1 aromatic heterocycles. The van der Waals surface area contributed by atoms with Crippen LogP contribution in [0.25, 0.3) is 10.1 Å². The lowest BCUT2D eigenvalue weighted by Crippen LogP contribution is -2.22. The lowest BCUT2D eigenvalue weighted by molar-refractivity contribution is 0.385. The first-order valence-electron chi connectivity index (χ1n) is 7.09. The van der Waals surface area contributed by atoms with Gasteiger partial charge in [0.1, 0.15) is 0 Å². The lowest BCUT2D eigenvalue weighted by atomic mass is 9.90. The maximum Gasteiger partial charge on any atom is 0.0390 e. The number of thiophene rings is 1. The minimum Gasteiger partial charge on any atom is -0.313 e. The van der Waals surface area contributed by atoms with E-state index in [2.05, 4.69) is 53.8 Å². The fourth-order valence-corrected chi connectivity index (χ4v) is 5.18. The van der Waals surface area contributed by atoms with Gasteiger partial charge in [-0.05, 0) is 66.1 Å². The summed E-state index contributed by atoms with van der Waals surface area (Å²) in [6.07, 6.45) is 4.07. The molecule has 1 aromatic carbocycles. The molecule has 19 heavy (non-hydrogen) atoms. The van der Waals surface area contributed by atoms with Gasteiger partial charge in [0.05, 0.1) is 0 Å². The quantitative estimate of drug-likeness (QED) is 0.876. The summed E-state index contributed by atoms with van der Waals surface area (Å²) < 4.78 is 1.46. The molecule has 1 nitrogen and oxygen atoms in total. The predicted molar refractivity (Wildman–Crippen MR) is 88.3 cm³/mol. The van der Waals surface area contributed by atoms with Crippen LogP contribution in [0.3, 0.4) is 0 Å². The Labute approximate surface area is 123 Å². The summed E-state index contributed by atoms with van der Waals surface area (Å²) in [7, 11) is 2.11. The van der Waals surface area contributed by atoms with Gasteiger partial charge < -0.3 is 5.32 Å². The molecule has 0 amide bonds. The summed E-state index contributed by atoms with van der Waals surface area (Å²) in [6, 6.07) is 9.46. The van der Waals surface area contributed by atoms with Crippen molar-refractivity contribution < 1.29 is 0 Å². The van der Waals surface area contributed by atoms with E-state index in [9.17, 15) is 0 Å². The molecule has 1 N–H and O–H groups in total. The van der Waals surface area contributed by atoms with Gasteiger partial charge in [-0.1, -0.05) is 18.2 Å². The van der Waals surface area contributed by atoms with Crippen LogP contribution in [-0.2, 0) is 0 Å². The van der Waals surface area contributed by atoms with Crippen molar-refractivity contribution in [1.82, 2.24) is 5.32 Å². The van der Waals surface area contributed by atoms with E-state index in [-0.39, 0.29) is 0 Å². The van der Waals surface area contributed by atoms with Crippen molar-refractivity contribution >= 4 is 33.2 Å². The highest BCUT2D eigenvalue weighted by Gasteiger charge is 2.20. The Morgan fingerprint density at radius 1 is 1.26 bits per heavy atom. The van der Waals surface area contributed by atoms with Crippen LogP contribution >= 0.6 is 23.1 Å². The predicted octanol–water partition coefficient (Wildman–Crippen LogP) is 4.70. The molecular weight excluding hydrogens is 270 g/mol. The molecule has 1 unspecified atom stereocenters. The molecule has 1 aliphatic heterocycles. The van der Waals surface area contributed by atoms with Gasteiger partial charge in [-0.25, -0.2) is 0 Å². The van der Waals surface area contributed by atoms with Crippen molar-refractivity contribution in [3.05, 3.63) is 35.2 Å². The Kier molecular flexibility index (Phi) is 4.46. The third kappa shape index (κ3) is 2.99. The second-order valence-corrected chi connectivity index (χ2v) is 7.46. The van der Waals surface area contributed by atoms with E-state index in [0.29, 0.717) is 6.04 Å². The Balaban J connectivity index is 1.82. The summed E-state index contributed by atoms with van der Waals surface area (Å²) >= 11 is 3.99. The first kappa shape index (κ1) is 13.5. The molecule has 1 saturated heterocycles. The maximum absolute atomic E-state index is 3.55. The molecule has 102 valence electrons. The normalized spacial score (nSPS) is 18.8. The monoisotopic (exact) mass is 291 g/mol. The van der Waals surface area contributed by atoms with Gasteiger partial charge in [-0.15, -0.1) is 11.3 Å². The smallest absolute Gasteiger partial charge is 0.0390 e. The third-order valence-corrected chi connectivity index (χ3v) is 6.17. The number of hydrogen-bond acceptors (Lipinski definition) is 3. The van der Waals surface area contributed by atoms with Crippen molar-refractivity contribution in [2.45, 2.75) is 25.3 Å². The number of hydrogen-bond donors (Lipinski definition) is 1. The van der Waals surface area contributed by atoms with Crippen LogP contribution in [0.5, 0.6) is 0 Å². The molecule has 1 atom stereocenters. The fourth-order valence-electron chi connectivity index (χ4n) is 3.01. The number of nitrogens with one attached hydrogen (secondary N) is 1. The molecule has 2 heterocycles. The first-order valence-corrected chi connectivity index (χ1v) is 9.13. The summed E-state index contributed by atoms with van der Waals surface area (Å²) in [4.78, 5) is 0. The van der Waals surface area contributed by atoms with Crippen molar-refractivity contribution in [3.8, 4) is 0 Å². The average Bonchev–Trinajstić information content (AvgIpc) is 2.94. The minimum absolute atomic E-state index is 0.510. The Hall–Kier alpha value is -0.510. The summed E-state index contributed by atoms with van der Waals surface area (Å²) in [5.41, 5.74) is 1.49. The van der Waals surface area contributed by atoms with Gasteiger partial charge in [-0.2, -0.15) is 11.8 Å². The van der Waals surface area contributed by atoms with Crippen LogP contribution in [-0.4, -0.2) is 18.6 Å². The summed E-state index contributed by atoms with van der Waals surface area (Å²) in [5.74, 6) is 3.60. The molecule has 1 fully saturated rings. The molecule has 3 heteroatoms. The highest BCUT2D eigenvalue weighted by molar-refractivity contribution is 7.99. The molecule has 2 aromatic rings. The molecule has 0 bridgehead atoms. The van der Waals surface area contributed by atoms with Gasteiger partial charge in [0.15, 0.2) is 0 Å². The van der Waals surface area contributed by atoms with Crippen LogP contribution in [0.4, 0.5) is 0 Å². The number of thioether (sulfide) groups is 1. The molecule has 0 spiro atoms. The van der Waals surface area contributed by atoms with Gasteiger partial charge in [0.25, 0.3) is 0 Å². The van der Waals surface area contributed by atoms with Crippen LogP contribution in [0.1, 0.15) is 30.9 Å². The largest absolute Gasteiger partial charge is 0.313 e. The SMILES string of the molecule is CNC(CC1CCSCC1)c1cccc2ccsc12. The van der Waals surface area contributed by atoms with Gasteiger partial charge in [0, 0.05) is 10.7 Å². The van der Waals surface area contributed by atoms with E-state index in [4.69, 9.17) is 0 Å². The van der Waals surface area contributed by atoms with Crippen LogP contribution < -0.4 is 5.32 Å². The zero-order valence-electron chi connectivity index (χ0n) is 11.4. The Bertz CT molecular complexity index is 528. The summed E-state index contributed by atoms with van der Waals surface area (Å²) in [5, 5.41) is 7.14. The summed E-state index contributed by atoms with van der Waals surface area (Å²) in [6.45, 7) is 0. The Morgan fingerprint density at radius 2 is 2.11 bits per heavy atom. The number of benzene rings is 1. The average molecular weight is 291 g/mol. The van der Waals surface area contributed by atoms with E-state index < -0.39 is 0 Å². The third-order valence-electron chi connectivity index (χ3n) is 4.14. The van der Waals surface area contributed by atoms with Crippen molar-refractivity contribution in [2.75, 3.05) is 18.6 Å². The maximum atomic E-state index is 3.55. The molecule has 3 rings (SSSR count). The van der Waals surface area contributed by atoms with E-state index >= 15 is 0 Å². The Morgan fingerprint density at radius 3 is 2.89 bits per heavy atom. The van der Waals surface area contributed by atoms with Crippen molar-refractivity contribution in [1.29, 1.82) is 0 Å². The highest BCUT2D eigenvalue weighted by atomic mass is 32.2. The number of fused-ring (bicyclic) bond motifs is 1. The molecule has 0 aliphatic carbocycles. The zero-order chi connectivity index (χ0) is 13.1. The van der Waals surface area contributed by atoms with Crippen molar-refractivity contribution in [2.24, 2.45) is 5.92 Å². The van der Waals surface area contributed by atoms with Crippen LogP contribution in [0.2, 0.25) is 0 Å². The first-order chi connectivity index (χ1) is 9.38. The highest BCUT2D eigenvalue weighted by Crippen LogP contribution is 2.35. The number of rotatable bonds is 4. The lowest BCUT2D eigenvalue weighted by Gasteiger charge is -2.26. The van der Waals surface area contributed by atoms with E-state index in [1.165, 1.54) is 46.4 Å². The van der Waals surface area contributed by atoms with E-state index in [1.54, 1.807) is 0 Å². The van der Waals surface area contributed by atoms with Gasteiger partial charge >= 0.3 is 0 Å². The molecule has 0 saturated carbocycles. The van der Waals surface area contributed by atoms with Crippen LogP contribution in [0.15, 0.2) is 29.6 Å². The van der Waals surface area contributed by atoms with E-state index in [1.807, 2.05) is 11.3 Å². The van der Waals surface area contributed by atoms with Gasteiger partial charge in [0.2, 0.25) is 0 Å². The molecular formula is C16H21NS2. The zero-order valence-corrected chi connectivity index (χ0v) is 13.0. The van der Waals surface area contributed by atoms with Crippen molar-refractivity contribution in [3.63, 3.8) is 0 Å². The second kappa shape index (κ2) is 6.29. The topological polar surface area (TPSA) is 12.0 Å². The minimum atomic E-state index is 0.510. The second-order valence-electron chi connectivity index (χ2n) is 5.32. The van der Waals surface area contributed by atoms with Crippen LogP contribution in [0, 0.1) is 5.92 Å². The molecule has 1 aliphatic rings. The van der Waals surface area contributed by atoms with E-state index in [0.717, 1.165) is 5.92 Å². The molecule has 0 radical (unpaired) electrons. The fraction of sp³-hybridized carbons (Fsp3) is 0.500. The van der Waals surface area contributed by atoms with Gasteiger partial charge in [-0.3, -0.25) is 0 Å².